The van der Waals surface area contributed by atoms with E-state index in [1.165, 1.54) is 55.0 Å². The number of para-hydroxylation sites is 2. The molecule has 13 rings (SSSR count). The Morgan fingerprint density at radius 2 is 0.985 bits per heavy atom. The molecule has 0 aliphatic heterocycles. The van der Waals surface area contributed by atoms with E-state index in [2.05, 4.69) is 252 Å². The van der Waals surface area contributed by atoms with E-state index >= 15 is 0 Å². The Labute approximate surface area is 395 Å². The van der Waals surface area contributed by atoms with E-state index in [0.29, 0.717) is 0 Å². The molecule has 2 unspecified atom stereocenters. The summed E-state index contributed by atoms with van der Waals surface area (Å²) in [6.45, 7) is 0. The van der Waals surface area contributed by atoms with Crippen molar-refractivity contribution >= 4 is 43.6 Å². The van der Waals surface area contributed by atoms with Gasteiger partial charge in [-0.3, -0.25) is 0 Å². The number of rotatable bonds is 8. The lowest BCUT2D eigenvalue weighted by Crippen LogP contribution is -2.09. The smallest absolute Gasteiger partial charge is 0.160 e. The van der Waals surface area contributed by atoms with Crippen molar-refractivity contribution in [1.82, 2.24) is 19.1 Å². The van der Waals surface area contributed by atoms with E-state index in [1.54, 1.807) is 0 Å². The molecule has 4 heteroatoms. The van der Waals surface area contributed by atoms with Crippen LogP contribution in [-0.2, 0) is 0 Å². The largest absolute Gasteiger partial charge is 0.309 e. The van der Waals surface area contributed by atoms with Gasteiger partial charge in [-0.1, -0.05) is 188 Å². The molecular weight excluding hydrogens is 825 g/mol. The Balaban J connectivity index is 1.13. The molecular formula is C64H46N4. The Morgan fingerprint density at radius 1 is 0.397 bits per heavy atom. The van der Waals surface area contributed by atoms with Crippen molar-refractivity contribution in [2.45, 2.75) is 24.7 Å². The maximum Gasteiger partial charge on any atom is 0.160 e. The number of nitrogens with zero attached hydrogens (tertiary/aromatic N) is 4. The summed E-state index contributed by atoms with van der Waals surface area (Å²) < 4.78 is 5.00. The van der Waals surface area contributed by atoms with E-state index < -0.39 is 0 Å². The zero-order chi connectivity index (χ0) is 45.0. The third kappa shape index (κ3) is 6.76. The Kier molecular flexibility index (Phi) is 9.75. The van der Waals surface area contributed by atoms with Crippen molar-refractivity contribution in [3.05, 3.63) is 254 Å². The van der Waals surface area contributed by atoms with Gasteiger partial charge in [-0.15, -0.1) is 0 Å². The summed E-state index contributed by atoms with van der Waals surface area (Å²) in [4.78, 5) is 10.9. The lowest BCUT2D eigenvalue weighted by molar-refractivity contribution is 0.811. The van der Waals surface area contributed by atoms with Gasteiger partial charge >= 0.3 is 0 Å². The first kappa shape index (κ1) is 39.7. The van der Waals surface area contributed by atoms with Crippen molar-refractivity contribution < 1.29 is 0 Å². The van der Waals surface area contributed by atoms with Gasteiger partial charge < -0.3 is 9.13 Å². The van der Waals surface area contributed by atoms with Crippen LogP contribution >= 0.6 is 0 Å². The number of hydrogen-bond donors (Lipinski definition) is 0. The lowest BCUT2D eigenvalue weighted by Gasteiger charge is -2.25. The molecule has 4 nitrogen and oxygen atoms in total. The van der Waals surface area contributed by atoms with Gasteiger partial charge in [0.15, 0.2) is 5.82 Å². The molecule has 2 atom stereocenters. The maximum absolute atomic E-state index is 5.45. The minimum atomic E-state index is 0.0993. The summed E-state index contributed by atoms with van der Waals surface area (Å²) in [5.74, 6) is 0.989. The second-order valence-corrected chi connectivity index (χ2v) is 18.0. The zero-order valence-electron chi connectivity index (χ0n) is 37.5. The van der Waals surface area contributed by atoms with Gasteiger partial charge in [0, 0.05) is 55.8 Å². The predicted octanol–water partition coefficient (Wildman–Crippen LogP) is 16.5. The minimum absolute atomic E-state index is 0.0993. The quantitative estimate of drug-likeness (QED) is 0.152. The van der Waals surface area contributed by atoms with E-state index in [9.17, 15) is 0 Å². The number of aromatic nitrogens is 4. The fourth-order valence-electron chi connectivity index (χ4n) is 10.8. The SMILES string of the molecule is C1=CCC(c2cc(-c3ccccc3)nc(-c3cc(-c4ccccc4)c(-n4c5ccc(-n6c7ccccc7c7ccccc76)cc5c5c(-c6ccccc6)cccc54)c(C4C=CC=CC4)c3)n2)C=C1. The van der Waals surface area contributed by atoms with Gasteiger partial charge in [-0.25, -0.2) is 9.97 Å². The topological polar surface area (TPSA) is 35.6 Å². The van der Waals surface area contributed by atoms with Gasteiger partial charge in [0.2, 0.25) is 0 Å². The fourth-order valence-corrected chi connectivity index (χ4v) is 10.8. The predicted molar refractivity (Wildman–Crippen MR) is 284 cm³/mol. The number of hydrogen-bond acceptors (Lipinski definition) is 2. The van der Waals surface area contributed by atoms with Crippen molar-refractivity contribution in [3.63, 3.8) is 0 Å². The zero-order valence-corrected chi connectivity index (χ0v) is 37.5. The Morgan fingerprint density at radius 3 is 1.65 bits per heavy atom. The molecule has 0 bridgehead atoms. The van der Waals surface area contributed by atoms with Gasteiger partial charge in [-0.05, 0) is 89.7 Å². The molecule has 0 N–H and O–H groups in total. The van der Waals surface area contributed by atoms with Crippen LogP contribution in [0.1, 0.15) is 35.9 Å². The lowest BCUT2D eigenvalue weighted by atomic mass is 9.86. The molecule has 0 saturated heterocycles. The second kappa shape index (κ2) is 16.7. The van der Waals surface area contributed by atoms with Crippen molar-refractivity contribution in [1.29, 1.82) is 0 Å². The molecule has 2 aliphatic rings. The molecule has 3 heterocycles. The second-order valence-electron chi connectivity index (χ2n) is 18.0. The molecule has 0 saturated carbocycles. The summed E-state index contributed by atoms with van der Waals surface area (Å²) in [5.41, 5.74) is 16.9. The molecule has 322 valence electrons. The summed E-state index contributed by atoms with van der Waals surface area (Å²) in [7, 11) is 0. The van der Waals surface area contributed by atoms with Crippen molar-refractivity contribution in [2.75, 3.05) is 0 Å². The van der Waals surface area contributed by atoms with Crippen LogP contribution < -0.4 is 0 Å². The van der Waals surface area contributed by atoms with Crippen molar-refractivity contribution in [3.8, 4) is 56.3 Å². The molecule has 8 aromatic carbocycles. The van der Waals surface area contributed by atoms with Gasteiger partial charge in [-0.2, -0.15) is 0 Å². The Bertz CT molecular complexity index is 3800. The highest BCUT2D eigenvalue weighted by atomic mass is 15.0. The number of fused-ring (bicyclic) bond motifs is 6. The molecule has 68 heavy (non-hydrogen) atoms. The van der Waals surface area contributed by atoms with Gasteiger partial charge in [0.1, 0.15) is 0 Å². The van der Waals surface area contributed by atoms with Crippen LogP contribution in [0.2, 0.25) is 0 Å². The fraction of sp³-hybridized carbons (Fsp3) is 0.0625. The van der Waals surface area contributed by atoms with E-state index in [-0.39, 0.29) is 11.8 Å². The first-order valence-electron chi connectivity index (χ1n) is 23.7. The van der Waals surface area contributed by atoms with Crippen LogP contribution in [-0.4, -0.2) is 19.1 Å². The standard InChI is InChI=1S/C64H46N4/c1-6-21-43(22-7-1)50-33-20-36-61-62(50)55-41-49(67-58-34-18-16-31-51(58)52-32-17-19-35-59(52)67)37-38-60(55)68(61)63-53(44-23-8-2-9-24-44)39-48(40-54(63)45-25-10-3-11-26-45)64-65-56(46-27-12-4-13-28-46)42-57(66-64)47-29-14-5-15-30-47/h1-25,27-29,31-42,45,47H,26,30H2. The normalized spacial score (nSPS) is 15.6. The number of allylic oxidation sites excluding steroid dienone is 8. The first-order chi connectivity index (χ1) is 33.7. The van der Waals surface area contributed by atoms with Crippen LogP contribution in [0.5, 0.6) is 0 Å². The minimum Gasteiger partial charge on any atom is -0.309 e. The first-order valence-corrected chi connectivity index (χ1v) is 23.7. The summed E-state index contributed by atoms with van der Waals surface area (Å²) in [6, 6.07) is 70.7. The Hall–Kier alpha value is -8.60. The molecule has 0 spiro atoms. The third-order valence-corrected chi connectivity index (χ3v) is 14.0. The third-order valence-electron chi connectivity index (χ3n) is 14.0. The molecule has 0 radical (unpaired) electrons. The van der Waals surface area contributed by atoms with Gasteiger partial charge in [0.25, 0.3) is 0 Å². The molecule has 3 aromatic heterocycles. The number of benzene rings is 8. The van der Waals surface area contributed by atoms with Crippen LogP contribution in [0.3, 0.4) is 0 Å². The van der Waals surface area contributed by atoms with E-state index in [0.717, 1.165) is 69.0 Å². The molecule has 11 aromatic rings. The summed E-state index contributed by atoms with van der Waals surface area (Å²) in [5, 5.41) is 4.92. The average molecular weight is 871 g/mol. The highest BCUT2D eigenvalue weighted by Gasteiger charge is 2.27. The maximum atomic E-state index is 5.45. The highest BCUT2D eigenvalue weighted by Crippen LogP contribution is 2.47. The molecule has 0 fully saturated rings. The monoisotopic (exact) mass is 870 g/mol. The summed E-state index contributed by atoms with van der Waals surface area (Å²) >= 11 is 0. The van der Waals surface area contributed by atoms with E-state index in [1.807, 2.05) is 0 Å². The highest BCUT2D eigenvalue weighted by molar-refractivity contribution is 6.17. The van der Waals surface area contributed by atoms with E-state index in [4.69, 9.17) is 9.97 Å². The molecule has 2 aliphatic carbocycles. The summed E-state index contributed by atoms with van der Waals surface area (Å²) in [6.07, 6.45) is 19.6. The van der Waals surface area contributed by atoms with Crippen LogP contribution in [0.25, 0.3) is 99.9 Å². The van der Waals surface area contributed by atoms with Crippen molar-refractivity contribution in [2.24, 2.45) is 0 Å². The van der Waals surface area contributed by atoms with Crippen LogP contribution in [0.15, 0.2) is 243 Å². The van der Waals surface area contributed by atoms with Crippen LogP contribution in [0, 0.1) is 0 Å². The average Bonchev–Trinajstić information content (AvgIpc) is 3.94. The molecule has 0 amide bonds. The van der Waals surface area contributed by atoms with Crippen LogP contribution in [0.4, 0.5) is 0 Å². The van der Waals surface area contributed by atoms with Gasteiger partial charge in [0.05, 0.1) is 39.1 Å².